The van der Waals surface area contributed by atoms with Gasteiger partial charge in [0.2, 0.25) is 0 Å². The lowest BCUT2D eigenvalue weighted by atomic mass is 10.0. The quantitative estimate of drug-likeness (QED) is 0.600. The van der Waals surface area contributed by atoms with E-state index in [0.29, 0.717) is 18.3 Å². The van der Waals surface area contributed by atoms with Gasteiger partial charge < -0.3 is 5.32 Å². The fourth-order valence-corrected chi connectivity index (χ4v) is 3.69. The molecule has 2 N–H and O–H groups in total. The Kier molecular flexibility index (Phi) is 6.26. The predicted octanol–water partition coefficient (Wildman–Crippen LogP) is 4.06. The average molecular weight is 397 g/mol. The Balaban J connectivity index is 1.58. The van der Waals surface area contributed by atoms with Gasteiger partial charge in [0.15, 0.2) is 5.82 Å². The van der Waals surface area contributed by atoms with Gasteiger partial charge in [-0.2, -0.15) is 0 Å². The van der Waals surface area contributed by atoms with Crippen molar-refractivity contribution in [2.45, 2.75) is 31.1 Å². The summed E-state index contributed by atoms with van der Waals surface area (Å²) in [6, 6.07) is 20.3. The molecule has 0 radical (unpaired) electrons. The summed E-state index contributed by atoms with van der Waals surface area (Å²) in [6.07, 6.45) is 0.864. The van der Waals surface area contributed by atoms with Crippen LogP contribution in [0.4, 0.5) is 11.6 Å². The third-order valence-corrected chi connectivity index (χ3v) is 5.69. The van der Waals surface area contributed by atoms with E-state index >= 15 is 0 Å². The minimum atomic E-state index is -3.69. The van der Waals surface area contributed by atoms with E-state index in [4.69, 9.17) is 0 Å². The molecule has 0 aliphatic rings. The number of sulfonamides is 1. The Morgan fingerprint density at radius 1 is 0.857 bits per heavy atom. The van der Waals surface area contributed by atoms with Crippen molar-refractivity contribution >= 4 is 21.7 Å². The second-order valence-corrected chi connectivity index (χ2v) is 8.48. The Hall–Kier alpha value is -2.93. The van der Waals surface area contributed by atoms with E-state index in [1.807, 2.05) is 30.3 Å². The Bertz CT molecular complexity index is 987. The lowest BCUT2D eigenvalue weighted by Crippen LogP contribution is -2.15. The summed E-state index contributed by atoms with van der Waals surface area (Å²) in [6.45, 7) is 4.84. The first kappa shape index (κ1) is 19.8. The lowest BCUT2D eigenvalue weighted by Gasteiger charge is -2.10. The van der Waals surface area contributed by atoms with E-state index in [9.17, 15) is 8.42 Å². The van der Waals surface area contributed by atoms with Gasteiger partial charge in [-0.05, 0) is 47.7 Å². The molecule has 146 valence electrons. The zero-order chi connectivity index (χ0) is 20.0. The summed E-state index contributed by atoms with van der Waals surface area (Å²) in [5, 5.41) is 11.2. The number of hydrogen-bond donors (Lipinski definition) is 2. The summed E-state index contributed by atoms with van der Waals surface area (Å²) in [7, 11) is -3.69. The van der Waals surface area contributed by atoms with Crippen LogP contribution in [-0.2, 0) is 16.4 Å². The van der Waals surface area contributed by atoms with Crippen molar-refractivity contribution in [3.63, 3.8) is 0 Å². The van der Waals surface area contributed by atoms with Crippen molar-refractivity contribution in [2.24, 2.45) is 0 Å². The lowest BCUT2D eigenvalue weighted by molar-refractivity contribution is 0.601. The van der Waals surface area contributed by atoms with Crippen molar-refractivity contribution in [3.8, 4) is 0 Å². The number of hydrogen-bond acceptors (Lipinski definition) is 5. The fourth-order valence-electron chi connectivity index (χ4n) is 2.69. The number of nitrogens with zero attached hydrogens (tertiary/aromatic N) is 2. The summed E-state index contributed by atoms with van der Waals surface area (Å²) in [4.78, 5) is 0.198. The average Bonchev–Trinajstić information content (AvgIpc) is 2.70. The Morgan fingerprint density at radius 2 is 1.50 bits per heavy atom. The fraction of sp³-hybridized carbons (Fsp3) is 0.238. The predicted molar refractivity (Wildman–Crippen MR) is 112 cm³/mol. The molecule has 3 aromatic rings. The van der Waals surface area contributed by atoms with Crippen LogP contribution < -0.4 is 10.0 Å². The smallest absolute Gasteiger partial charge is 0.263 e. The van der Waals surface area contributed by atoms with Gasteiger partial charge in [-0.3, -0.25) is 4.72 Å². The van der Waals surface area contributed by atoms with Crippen molar-refractivity contribution in [1.29, 1.82) is 0 Å². The molecule has 0 amide bonds. The van der Waals surface area contributed by atoms with Crippen molar-refractivity contribution in [3.05, 3.63) is 77.9 Å². The highest BCUT2D eigenvalue weighted by molar-refractivity contribution is 7.92. The first-order valence-corrected chi connectivity index (χ1v) is 10.7. The highest BCUT2D eigenvalue weighted by atomic mass is 32.2. The molecular weight excluding hydrogens is 372 g/mol. The first-order valence-electron chi connectivity index (χ1n) is 9.18. The second-order valence-electron chi connectivity index (χ2n) is 6.80. The number of anilines is 2. The van der Waals surface area contributed by atoms with Crippen molar-refractivity contribution < 1.29 is 8.42 Å². The molecule has 0 saturated heterocycles. The van der Waals surface area contributed by atoms with Crippen LogP contribution in [0.5, 0.6) is 0 Å². The minimum absolute atomic E-state index is 0.182. The molecule has 0 bridgehead atoms. The molecule has 0 unspecified atom stereocenters. The highest BCUT2D eigenvalue weighted by Gasteiger charge is 2.15. The topological polar surface area (TPSA) is 84.0 Å². The van der Waals surface area contributed by atoms with Gasteiger partial charge in [-0.15, -0.1) is 10.2 Å². The van der Waals surface area contributed by atoms with E-state index in [2.05, 4.69) is 46.2 Å². The maximum atomic E-state index is 12.5. The van der Waals surface area contributed by atoms with Gasteiger partial charge in [-0.25, -0.2) is 8.42 Å². The molecule has 1 heterocycles. The number of nitrogens with one attached hydrogen (secondary N) is 2. The molecule has 2 aromatic carbocycles. The van der Waals surface area contributed by atoms with Crippen LogP contribution in [0.3, 0.4) is 0 Å². The van der Waals surface area contributed by atoms with Crippen molar-refractivity contribution in [1.82, 2.24) is 10.2 Å². The van der Waals surface area contributed by atoms with E-state index in [1.54, 1.807) is 24.3 Å². The van der Waals surface area contributed by atoms with Crippen LogP contribution in [0.2, 0.25) is 0 Å². The molecule has 6 nitrogen and oxygen atoms in total. The second kappa shape index (κ2) is 8.84. The van der Waals surface area contributed by atoms with E-state index in [-0.39, 0.29) is 10.7 Å². The zero-order valence-corrected chi connectivity index (χ0v) is 16.8. The molecule has 0 aliphatic heterocycles. The monoisotopic (exact) mass is 396 g/mol. The molecule has 0 fully saturated rings. The van der Waals surface area contributed by atoms with Gasteiger partial charge in [0.25, 0.3) is 10.0 Å². The Morgan fingerprint density at radius 3 is 2.11 bits per heavy atom. The molecule has 0 atom stereocenters. The SMILES string of the molecule is CC(C)c1ccc(S(=O)(=O)Nc2ccc(NCCc3ccccc3)nn2)cc1. The normalized spacial score (nSPS) is 11.4. The van der Waals surface area contributed by atoms with E-state index in [0.717, 1.165) is 12.0 Å². The van der Waals surface area contributed by atoms with Crippen LogP contribution in [0.15, 0.2) is 71.6 Å². The molecular formula is C21H24N4O2S. The minimum Gasteiger partial charge on any atom is -0.368 e. The molecule has 0 aliphatic carbocycles. The van der Waals surface area contributed by atoms with Gasteiger partial charge in [0.1, 0.15) is 5.82 Å². The zero-order valence-electron chi connectivity index (χ0n) is 16.0. The molecule has 1 aromatic heterocycles. The number of aromatic nitrogens is 2. The summed E-state index contributed by atoms with van der Waals surface area (Å²) >= 11 is 0. The van der Waals surface area contributed by atoms with E-state index < -0.39 is 10.0 Å². The molecule has 0 saturated carbocycles. The van der Waals surface area contributed by atoms with Crippen molar-refractivity contribution in [2.75, 3.05) is 16.6 Å². The summed E-state index contributed by atoms with van der Waals surface area (Å²) in [5.74, 6) is 1.12. The number of benzene rings is 2. The van der Waals surface area contributed by atoms with Gasteiger partial charge in [-0.1, -0.05) is 56.3 Å². The van der Waals surface area contributed by atoms with Gasteiger partial charge in [0, 0.05) is 6.54 Å². The van der Waals surface area contributed by atoms with Gasteiger partial charge >= 0.3 is 0 Å². The largest absolute Gasteiger partial charge is 0.368 e. The van der Waals surface area contributed by atoms with Gasteiger partial charge in [0.05, 0.1) is 4.90 Å². The third-order valence-electron chi connectivity index (χ3n) is 4.32. The molecule has 0 spiro atoms. The van der Waals surface area contributed by atoms with Crippen LogP contribution in [0, 0.1) is 0 Å². The Labute approximate surface area is 166 Å². The highest BCUT2D eigenvalue weighted by Crippen LogP contribution is 2.19. The number of rotatable bonds is 8. The third kappa shape index (κ3) is 5.29. The summed E-state index contributed by atoms with van der Waals surface area (Å²) < 4.78 is 27.5. The summed E-state index contributed by atoms with van der Waals surface area (Å²) in [5.41, 5.74) is 2.32. The maximum Gasteiger partial charge on any atom is 0.263 e. The van der Waals surface area contributed by atoms with Crippen LogP contribution in [0.25, 0.3) is 0 Å². The van der Waals surface area contributed by atoms with Crippen LogP contribution in [0.1, 0.15) is 30.9 Å². The van der Waals surface area contributed by atoms with Crippen LogP contribution >= 0.6 is 0 Å². The molecule has 28 heavy (non-hydrogen) atoms. The molecule has 3 rings (SSSR count). The molecule has 7 heteroatoms. The standard InChI is InChI=1S/C21H24N4O2S/c1-16(2)18-8-10-19(11-9-18)28(26,27)25-21-13-12-20(23-24-21)22-15-14-17-6-4-3-5-7-17/h3-13,16H,14-15H2,1-2H3,(H,22,23)(H,24,25). The van der Waals surface area contributed by atoms with E-state index in [1.165, 1.54) is 5.56 Å². The first-order chi connectivity index (χ1) is 13.4. The van der Waals surface area contributed by atoms with Crippen LogP contribution in [-0.4, -0.2) is 25.2 Å². The maximum absolute atomic E-state index is 12.5.